The molecule has 4 aliphatic rings. The van der Waals surface area contributed by atoms with E-state index < -0.39 is 208 Å². The first-order valence-electron chi connectivity index (χ1n) is 31.5. The van der Waals surface area contributed by atoms with Crippen molar-refractivity contribution in [2.24, 2.45) is 23.6 Å². The molecule has 258 valence electrons. The molecular formula is C39H56N2O6. The summed E-state index contributed by atoms with van der Waals surface area (Å²) in [6, 6.07) is -11.3. The SMILES string of the molecule is [2H]c1c(OC([2H])([2H])[2H])c(OC)c([2H])c2c1C([2H])([2H])C([2H])([2H])N1C([2H])([2H])C([2H])(CC(C)C)C(=O)C([2H])([2H])C21[2H].[2H]c1c(OC)c(OC([2H])([2H])[2H])c([2H])c2c1C1([2H])CC(=O)C(C([2H])([2H])C([2H])(C([2H])([2H])[2H])C([2H])([2H])C)C([2H])([2H])N1C([2H])([2H])C2([2H])[2H]. The molecule has 47 heavy (non-hydrogen) atoms. The molecule has 8 heteroatoms. The Balaban J connectivity index is 0.000000304. The first-order chi connectivity index (χ1) is 36.0. The zero-order valence-corrected chi connectivity index (χ0v) is 25.9. The lowest BCUT2D eigenvalue weighted by atomic mass is 9.79. The summed E-state index contributed by atoms with van der Waals surface area (Å²) in [7, 11) is -4.72. The summed E-state index contributed by atoms with van der Waals surface area (Å²) < 4.78 is 312. The molecule has 0 spiro atoms. The number of ether oxygens (including phenoxy) is 4. The summed E-state index contributed by atoms with van der Waals surface area (Å²) in [6.45, 7) is -15.2. The van der Waals surface area contributed by atoms with Crippen molar-refractivity contribution in [1.82, 2.24) is 9.80 Å². The predicted octanol–water partition coefficient (Wildman–Crippen LogP) is 6.87. The van der Waals surface area contributed by atoms with Crippen molar-refractivity contribution in [3.05, 3.63) is 46.4 Å². The Labute approximate surface area is 331 Å². The van der Waals surface area contributed by atoms with Crippen molar-refractivity contribution < 1.29 is 76.5 Å². The fourth-order valence-corrected chi connectivity index (χ4v) is 4.71. The van der Waals surface area contributed by atoms with Gasteiger partial charge in [-0.3, -0.25) is 19.4 Å². The molecule has 4 aliphatic heterocycles. The van der Waals surface area contributed by atoms with E-state index in [1.54, 1.807) is 0 Å². The smallest absolute Gasteiger partial charge is 0.161 e. The summed E-state index contributed by atoms with van der Waals surface area (Å²) in [5.74, 6) is -17.6. The lowest BCUT2D eigenvalue weighted by Gasteiger charge is -2.43. The molecule has 0 aromatic heterocycles. The molecule has 0 aliphatic carbocycles. The van der Waals surface area contributed by atoms with Crippen LogP contribution in [-0.4, -0.2) is 75.6 Å². The predicted molar refractivity (Wildman–Crippen MR) is 185 cm³/mol. The highest BCUT2D eigenvalue weighted by atomic mass is 16.5. The van der Waals surface area contributed by atoms with Gasteiger partial charge in [-0.2, -0.15) is 0 Å². The van der Waals surface area contributed by atoms with E-state index in [1.165, 1.54) is 13.8 Å². The Morgan fingerprint density at radius 1 is 0.915 bits per heavy atom. The number of rotatable bonds is 9. The number of hydrogen-bond donors (Lipinski definition) is 0. The van der Waals surface area contributed by atoms with Crippen LogP contribution in [0.3, 0.4) is 0 Å². The van der Waals surface area contributed by atoms with Gasteiger partial charge in [-0.1, -0.05) is 34.0 Å². The van der Waals surface area contributed by atoms with Crippen LogP contribution in [0, 0.1) is 23.6 Å². The standard InChI is InChI=1S/C20H29NO3.C19H27NO3/c1-5-13(2)8-15-12-21-7-6-14-9-19(23-3)20(24-4)10-16(14)17(21)11-18(15)22;1-12(2)7-14-11-20-6-5-13-8-18(22-3)19(23-4)9-15(13)16(20)10-17(14)21/h9-10,13,15,17H,5-8,11-12H2,1-4H3;8-9,12,14,16H,5-7,10-11H2,1-4H3/i2D3,3D3,5D2,6D2,7D2,8D2,9D,10D,12D2,13D,17D;3D3,5D2,6D2,8D,9D,10D2,11D2,14D,16D. The maximum absolute atomic E-state index is 13.7. The van der Waals surface area contributed by atoms with Crippen LogP contribution in [0.4, 0.5) is 0 Å². The number of benzene rings is 2. The van der Waals surface area contributed by atoms with Crippen LogP contribution in [0.2, 0.25) is 0 Å². The average Bonchev–Trinajstić information content (AvgIpc) is 3.23. The lowest BCUT2D eigenvalue weighted by molar-refractivity contribution is -0.130. The van der Waals surface area contributed by atoms with Gasteiger partial charge in [0.1, 0.15) is 11.6 Å². The zero-order chi connectivity index (χ0) is 64.6. The fourth-order valence-electron chi connectivity index (χ4n) is 4.71. The van der Waals surface area contributed by atoms with Crippen LogP contribution in [-0.2, 0) is 22.3 Å². The molecule has 2 aromatic carbocycles. The number of piperidine rings is 2. The first-order valence-corrected chi connectivity index (χ1v) is 14.0. The number of carbonyl (C=O) groups excluding carboxylic acids is 2. The number of fused-ring (bicyclic) bond motifs is 6. The molecule has 0 amide bonds. The Bertz CT molecular complexity index is 2920. The fraction of sp³-hybridized carbons (Fsp3) is 0.641. The van der Waals surface area contributed by atoms with E-state index in [9.17, 15) is 12.3 Å². The Morgan fingerprint density at radius 3 is 2.02 bits per heavy atom. The van der Waals surface area contributed by atoms with Crippen LogP contribution < -0.4 is 18.9 Å². The van der Waals surface area contributed by atoms with Crippen molar-refractivity contribution in [2.45, 2.75) is 84.4 Å². The van der Waals surface area contributed by atoms with Crippen LogP contribution in [0.1, 0.15) is 142 Å². The van der Waals surface area contributed by atoms with E-state index in [-0.39, 0.29) is 9.80 Å². The van der Waals surface area contributed by atoms with Gasteiger partial charge in [0.15, 0.2) is 23.0 Å². The Kier molecular flexibility index (Phi) is 3.86. The highest BCUT2D eigenvalue weighted by Crippen LogP contribution is 2.44. The molecule has 5 unspecified atom stereocenters. The van der Waals surface area contributed by atoms with Gasteiger partial charge in [0.05, 0.1) is 44.7 Å². The van der Waals surface area contributed by atoms with Crippen molar-refractivity contribution in [1.29, 1.82) is 0 Å². The van der Waals surface area contributed by atoms with Crippen LogP contribution >= 0.6 is 0 Å². The van der Waals surface area contributed by atoms with Crippen LogP contribution in [0.15, 0.2) is 24.2 Å². The minimum absolute atomic E-state index is 0.173. The van der Waals surface area contributed by atoms with Crippen LogP contribution in [0.5, 0.6) is 23.0 Å². The second-order valence-corrected chi connectivity index (χ2v) is 10.5. The van der Waals surface area contributed by atoms with Crippen molar-refractivity contribution in [2.75, 3.05) is 54.3 Å². The third kappa shape index (κ3) is 7.64. The number of Topliss-reactive ketones (excluding diaryl/α,β-unsaturated/α-hetero) is 2. The largest absolute Gasteiger partial charge is 0.493 e. The third-order valence-electron chi connectivity index (χ3n) is 6.91. The van der Waals surface area contributed by atoms with Crippen molar-refractivity contribution >= 4 is 11.6 Å². The van der Waals surface area contributed by atoms with E-state index in [0.29, 0.717) is 6.92 Å². The second kappa shape index (κ2) is 15.4. The molecule has 0 bridgehead atoms. The summed E-state index contributed by atoms with van der Waals surface area (Å²) >= 11 is 0. The molecule has 5 atom stereocenters. The van der Waals surface area contributed by atoms with Gasteiger partial charge in [-0.05, 0) is 83.8 Å². The number of ketones is 2. The molecular weight excluding hydrogens is 592 g/mol. The Morgan fingerprint density at radius 2 is 1.49 bits per heavy atom. The summed E-state index contributed by atoms with van der Waals surface area (Å²) in [5.41, 5.74) is -4.45. The van der Waals surface area contributed by atoms with Gasteiger partial charge >= 0.3 is 0 Å². The summed E-state index contributed by atoms with van der Waals surface area (Å²) in [4.78, 5) is 26.9. The topological polar surface area (TPSA) is 77.5 Å². The monoisotopic (exact) mass is 684 g/mol. The number of hydrogen-bond acceptors (Lipinski definition) is 8. The van der Waals surface area contributed by atoms with Gasteiger partial charge < -0.3 is 18.9 Å². The summed E-state index contributed by atoms with van der Waals surface area (Å²) in [5, 5.41) is 0. The van der Waals surface area contributed by atoms with E-state index >= 15 is 0 Å². The van der Waals surface area contributed by atoms with Gasteiger partial charge in [0.2, 0.25) is 0 Å². The Hall–Kier alpha value is -3.10. The zero-order valence-electron chi connectivity index (χ0n) is 60.9. The van der Waals surface area contributed by atoms with E-state index in [2.05, 4.69) is 0 Å². The first kappa shape index (κ1) is 11.8. The molecule has 2 saturated heterocycles. The van der Waals surface area contributed by atoms with E-state index in [0.717, 1.165) is 14.2 Å². The maximum Gasteiger partial charge on any atom is 0.161 e. The van der Waals surface area contributed by atoms with Gasteiger partial charge in [-0.25, -0.2) is 0 Å². The molecule has 0 saturated carbocycles. The minimum atomic E-state index is -3.97. The van der Waals surface area contributed by atoms with Crippen molar-refractivity contribution in [3.8, 4) is 23.0 Å². The second-order valence-electron chi connectivity index (χ2n) is 10.5. The number of methoxy groups -OCH3 is 4. The molecule has 8 nitrogen and oxygen atoms in total. The van der Waals surface area contributed by atoms with E-state index in [1.807, 2.05) is 0 Å². The van der Waals surface area contributed by atoms with Gasteiger partial charge in [-0.15, -0.1) is 0 Å². The van der Waals surface area contributed by atoms with Crippen molar-refractivity contribution in [3.63, 3.8) is 0 Å². The molecule has 2 fully saturated rings. The van der Waals surface area contributed by atoms with Crippen LogP contribution in [0.25, 0.3) is 0 Å². The normalized spacial score (nSPS) is 49.8. The highest BCUT2D eigenvalue weighted by Gasteiger charge is 2.40. The van der Waals surface area contributed by atoms with Gasteiger partial charge in [0, 0.05) is 94.2 Å². The average molecular weight is 684 g/mol. The third-order valence-corrected chi connectivity index (χ3v) is 6.91. The van der Waals surface area contributed by atoms with Gasteiger partial charge in [0.25, 0.3) is 0 Å². The molecule has 6 rings (SSSR count). The molecule has 0 radical (unpaired) electrons. The number of nitrogens with zero attached hydrogens (tertiary/aromatic N) is 2. The highest BCUT2D eigenvalue weighted by molar-refractivity contribution is 5.83. The maximum atomic E-state index is 13.7. The quantitative estimate of drug-likeness (QED) is 0.284. The summed E-state index contributed by atoms with van der Waals surface area (Å²) in [6.07, 6.45) is -20.1. The molecule has 2 aromatic rings. The molecule has 4 heterocycles. The molecule has 0 N–H and O–H groups in total. The number of carbonyl (C=O) groups is 2. The lowest BCUT2D eigenvalue weighted by Crippen LogP contribution is -2.46. The minimum Gasteiger partial charge on any atom is -0.493 e. The van der Waals surface area contributed by atoms with E-state index in [4.69, 9.17) is 64.2 Å².